The largest absolute Gasteiger partial charge is 0.497 e. The SMILES string of the molecule is COc1ccc2cc(CNc3ccc(N4CCC(C)CC4)cc3)c(=O)[nH]c2c1. The number of anilines is 2. The Bertz CT molecular complexity index is 1000. The minimum atomic E-state index is -0.0766. The summed E-state index contributed by atoms with van der Waals surface area (Å²) in [6, 6.07) is 16.1. The maximum Gasteiger partial charge on any atom is 0.253 e. The van der Waals surface area contributed by atoms with Crippen LogP contribution in [0.15, 0.2) is 53.3 Å². The zero-order valence-electron chi connectivity index (χ0n) is 16.5. The Balaban J connectivity index is 1.44. The van der Waals surface area contributed by atoms with E-state index in [0.717, 1.165) is 41.3 Å². The maximum absolute atomic E-state index is 12.4. The highest BCUT2D eigenvalue weighted by molar-refractivity contribution is 5.80. The lowest BCUT2D eigenvalue weighted by Gasteiger charge is -2.32. The van der Waals surface area contributed by atoms with E-state index in [1.165, 1.54) is 18.5 Å². The van der Waals surface area contributed by atoms with Crippen LogP contribution >= 0.6 is 0 Å². The fourth-order valence-electron chi connectivity index (χ4n) is 3.74. The molecule has 0 aliphatic carbocycles. The Labute approximate surface area is 165 Å². The summed E-state index contributed by atoms with van der Waals surface area (Å²) in [7, 11) is 1.62. The van der Waals surface area contributed by atoms with Crippen LogP contribution in [0.25, 0.3) is 10.9 Å². The Morgan fingerprint density at radius 3 is 2.57 bits per heavy atom. The number of hydrogen-bond acceptors (Lipinski definition) is 4. The third-order valence-electron chi connectivity index (χ3n) is 5.63. The zero-order chi connectivity index (χ0) is 19.5. The molecule has 28 heavy (non-hydrogen) atoms. The molecule has 1 aliphatic heterocycles. The van der Waals surface area contributed by atoms with Gasteiger partial charge in [-0.1, -0.05) is 6.92 Å². The molecular weight excluding hydrogens is 350 g/mol. The minimum absolute atomic E-state index is 0.0766. The number of aromatic amines is 1. The molecule has 0 atom stereocenters. The van der Waals surface area contributed by atoms with Gasteiger partial charge in [-0.3, -0.25) is 4.79 Å². The number of methoxy groups -OCH3 is 1. The van der Waals surface area contributed by atoms with Crippen molar-refractivity contribution >= 4 is 22.3 Å². The number of nitrogens with one attached hydrogen (secondary N) is 2. The van der Waals surface area contributed by atoms with E-state index in [1.54, 1.807) is 7.11 Å². The van der Waals surface area contributed by atoms with Gasteiger partial charge in [-0.05, 0) is 66.6 Å². The van der Waals surface area contributed by atoms with Crippen molar-refractivity contribution in [2.45, 2.75) is 26.3 Å². The van der Waals surface area contributed by atoms with Gasteiger partial charge in [0.05, 0.1) is 12.6 Å². The van der Waals surface area contributed by atoms with Crippen molar-refractivity contribution < 1.29 is 4.74 Å². The Kier molecular flexibility index (Phi) is 5.24. The monoisotopic (exact) mass is 377 g/mol. The highest BCUT2D eigenvalue weighted by Gasteiger charge is 2.15. The van der Waals surface area contributed by atoms with Gasteiger partial charge in [0, 0.05) is 42.6 Å². The van der Waals surface area contributed by atoms with Crippen LogP contribution in [-0.2, 0) is 6.54 Å². The molecule has 5 heteroatoms. The first-order valence-electron chi connectivity index (χ1n) is 9.91. The van der Waals surface area contributed by atoms with E-state index in [9.17, 15) is 4.79 Å². The average Bonchev–Trinajstić information content (AvgIpc) is 2.73. The van der Waals surface area contributed by atoms with E-state index in [2.05, 4.69) is 46.4 Å². The normalized spacial score (nSPS) is 15.0. The molecule has 1 aromatic heterocycles. The predicted octanol–water partition coefficient (Wildman–Crippen LogP) is 4.39. The van der Waals surface area contributed by atoms with Gasteiger partial charge < -0.3 is 19.9 Å². The van der Waals surface area contributed by atoms with Gasteiger partial charge in [0.1, 0.15) is 5.75 Å². The number of ether oxygens (including phenoxy) is 1. The van der Waals surface area contributed by atoms with Gasteiger partial charge in [0.25, 0.3) is 5.56 Å². The Hall–Kier alpha value is -2.95. The molecule has 146 valence electrons. The van der Waals surface area contributed by atoms with E-state index in [1.807, 2.05) is 24.3 Å². The Morgan fingerprint density at radius 1 is 1.11 bits per heavy atom. The molecule has 2 aromatic carbocycles. The molecule has 0 bridgehead atoms. The summed E-state index contributed by atoms with van der Waals surface area (Å²) in [5, 5.41) is 4.36. The third-order valence-corrected chi connectivity index (χ3v) is 5.63. The van der Waals surface area contributed by atoms with Crippen LogP contribution in [0.2, 0.25) is 0 Å². The first-order valence-corrected chi connectivity index (χ1v) is 9.91. The number of rotatable bonds is 5. The van der Waals surface area contributed by atoms with Crippen molar-refractivity contribution in [3.63, 3.8) is 0 Å². The highest BCUT2D eigenvalue weighted by Crippen LogP contribution is 2.24. The molecule has 4 rings (SSSR count). The van der Waals surface area contributed by atoms with Crippen LogP contribution in [0.5, 0.6) is 5.75 Å². The summed E-state index contributed by atoms with van der Waals surface area (Å²) in [4.78, 5) is 17.8. The molecule has 0 radical (unpaired) electrons. The summed E-state index contributed by atoms with van der Waals surface area (Å²) in [6.45, 7) is 5.07. The number of fused-ring (bicyclic) bond motifs is 1. The molecule has 0 unspecified atom stereocenters. The van der Waals surface area contributed by atoms with Crippen molar-refractivity contribution in [1.29, 1.82) is 0 Å². The number of nitrogens with zero attached hydrogens (tertiary/aromatic N) is 1. The first kappa shape index (κ1) is 18.4. The molecule has 3 aromatic rings. The molecule has 1 saturated heterocycles. The molecule has 1 aliphatic rings. The van der Waals surface area contributed by atoms with E-state index in [0.29, 0.717) is 12.1 Å². The van der Waals surface area contributed by atoms with Gasteiger partial charge >= 0.3 is 0 Å². The molecule has 0 spiro atoms. The molecule has 0 saturated carbocycles. The lowest BCUT2D eigenvalue weighted by atomic mass is 9.99. The van der Waals surface area contributed by atoms with E-state index >= 15 is 0 Å². The second-order valence-corrected chi connectivity index (χ2v) is 7.65. The molecule has 2 heterocycles. The summed E-state index contributed by atoms with van der Waals surface area (Å²) < 4.78 is 5.22. The molecular formula is C23H27N3O2. The molecule has 2 N–H and O–H groups in total. The number of pyridine rings is 1. The molecule has 5 nitrogen and oxygen atoms in total. The van der Waals surface area contributed by atoms with E-state index in [4.69, 9.17) is 4.74 Å². The summed E-state index contributed by atoms with van der Waals surface area (Å²) in [5.41, 5.74) is 3.71. The van der Waals surface area contributed by atoms with Crippen LogP contribution in [-0.4, -0.2) is 25.2 Å². The van der Waals surface area contributed by atoms with Crippen molar-refractivity contribution in [3.05, 3.63) is 64.4 Å². The van der Waals surface area contributed by atoms with Crippen molar-refractivity contribution in [3.8, 4) is 5.75 Å². The number of aromatic nitrogens is 1. The lowest BCUT2D eigenvalue weighted by molar-refractivity contribution is 0.415. The van der Waals surface area contributed by atoms with Gasteiger partial charge in [-0.2, -0.15) is 0 Å². The van der Waals surface area contributed by atoms with Crippen LogP contribution < -0.4 is 20.5 Å². The summed E-state index contributed by atoms with van der Waals surface area (Å²) in [6.07, 6.45) is 2.52. The zero-order valence-corrected chi connectivity index (χ0v) is 16.5. The second-order valence-electron chi connectivity index (χ2n) is 7.65. The first-order chi connectivity index (χ1) is 13.6. The van der Waals surface area contributed by atoms with Gasteiger partial charge in [0.15, 0.2) is 0 Å². The average molecular weight is 377 g/mol. The van der Waals surface area contributed by atoms with Crippen LogP contribution in [0.3, 0.4) is 0 Å². The van der Waals surface area contributed by atoms with Crippen LogP contribution in [0, 0.1) is 5.92 Å². The molecule has 0 amide bonds. The predicted molar refractivity (Wildman–Crippen MR) is 116 cm³/mol. The van der Waals surface area contributed by atoms with Crippen molar-refractivity contribution in [1.82, 2.24) is 4.98 Å². The van der Waals surface area contributed by atoms with E-state index < -0.39 is 0 Å². The smallest absolute Gasteiger partial charge is 0.253 e. The lowest BCUT2D eigenvalue weighted by Crippen LogP contribution is -2.32. The minimum Gasteiger partial charge on any atom is -0.497 e. The number of piperidine rings is 1. The number of hydrogen-bond donors (Lipinski definition) is 2. The number of benzene rings is 2. The maximum atomic E-state index is 12.4. The topological polar surface area (TPSA) is 57.4 Å². The third kappa shape index (κ3) is 3.98. The van der Waals surface area contributed by atoms with Gasteiger partial charge in [-0.15, -0.1) is 0 Å². The number of H-pyrrole nitrogens is 1. The second kappa shape index (κ2) is 7.97. The van der Waals surface area contributed by atoms with Crippen molar-refractivity contribution in [2.75, 3.05) is 30.4 Å². The van der Waals surface area contributed by atoms with E-state index in [-0.39, 0.29) is 5.56 Å². The van der Waals surface area contributed by atoms with Crippen LogP contribution in [0.4, 0.5) is 11.4 Å². The molecule has 1 fully saturated rings. The Morgan fingerprint density at radius 2 is 1.86 bits per heavy atom. The quantitative estimate of drug-likeness (QED) is 0.693. The summed E-state index contributed by atoms with van der Waals surface area (Å²) >= 11 is 0. The highest BCUT2D eigenvalue weighted by atomic mass is 16.5. The standard InChI is InChI=1S/C23H27N3O2/c1-16-9-11-26(12-10-16)20-6-4-19(5-7-20)24-15-18-13-17-3-8-21(28-2)14-22(17)25-23(18)27/h3-8,13-14,16,24H,9-12,15H2,1-2H3,(H,25,27). The van der Waals surface area contributed by atoms with Gasteiger partial charge in [0.2, 0.25) is 0 Å². The van der Waals surface area contributed by atoms with Crippen molar-refractivity contribution in [2.24, 2.45) is 5.92 Å². The van der Waals surface area contributed by atoms with Crippen LogP contribution in [0.1, 0.15) is 25.3 Å². The fourth-order valence-corrected chi connectivity index (χ4v) is 3.74. The fraction of sp³-hybridized carbons (Fsp3) is 0.348. The van der Waals surface area contributed by atoms with Gasteiger partial charge in [-0.25, -0.2) is 0 Å². The summed E-state index contributed by atoms with van der Waals surface area (Å²) in [5.74, 6) is 1.57.